The lowest BCUT2D eigenvalue weighted by Gasteiger charge is -2.13. The fourth-order valence-corrected chi connectivity index (χ4v) is 2.23. The minimum atomic E-state index is -0.0869. The van der Waals surface area contributed by atoms with Crippen molar-refractivity contribution in [2.45, 2.75) is 20.3 Å². The van der Waals surface area contributed by atoms with Gasteiger partial charge in [0.15, 0.2) is 11.5 Å². The van der Waals surface area contributed by atoms with Gasteiger partial charge in [-0.3, -0.25) is 4.79 Å². The molecular weight excluding hydrogens is 345 g/mol. The highest BCUT2D eigenvalue weighted by molar-refractivity contribution is 14.1. The van der Waals surface area contributed by atoms with Crippen LogP contribution in [0.25, 0.3) is 0 Å². The van der Waals surface area contributed by atoms with Gasteiger partial charge in [0.2, 0.25) is 0 Å². The Bertz CT molecular complexity index is 421. The Balaban J connectivity index is 3.02. The normalized spacial score (nSPS) is 10.0. The van der Waals surface area contributed by atoms with Gasteiger partial charge >= 0.3 is 0 Å². The highest BCUT2D eigenvalue weighted by Gasteiger charge is 2.14. The molecule has 18 heavy (non-hydrogen) atoms. The van der Waals surface area contributed by atoms with Crippen LogP contribution in [0.5, 0.6) is 11.5 Å². The Morgan fingerprint density at radius 1 is 1.39 bits per heavy atom. The van der Waals surface area contributed by atoms with Crippen LogP contribution in [0, 0.1) is 3.57 Å². The van der Waals surface area contributed by atoms with Crippen molar-refractivity contribution >= 4 is 28.5 Å². The molecule has 4 nitrogen and oxygen atoms in total. The Hall–Kier alpha value is -0.980. The second-order valence-electron chi connectivity index (χ2n) is 3.68. The van der Waals surface area contributed by atoms with Gasteiger partial charge in [-0.1, -0.05) is 6.92 Å². The van der Waals surface area contributed by atoms with E-state index in [1.54, 1.807) is 19.2 Å². The summed E-state index contributed by atoms with van der Waals surface area (Å²) in [5, 5.41) is 2.84. The van der Waals surface area contributed by atoms with E-state index in [0.717, 1.165) is 9.99 Å². The van der Waals surface area contributed by atoms with Crippen LogP contribution in [0.4, 0.5) is 0 Å². The zero-order chi connectivity index (χ0) is 13.5. The maximum absolute atomic E-state index is 11.9. The van der Waals surface area contributed by atoms with Gasteiger partial charge in [-0.15, -0.1) is 0 Å². The highest BCUT2D eigenvalue weighted by atomic mass is 127. The summed E-state index contributed by atoms with van der Waals surface area (Å²) in [5.74, 6) is 1.19. The fraction of sp³-hybridized carbons (Fsp3) is 0.462. The average molecular weight is 363 g/mol. The molecule has 5 heteroatoms. The number of rotatable bonds is 6. The van der Waals surface area contributed by atoms with Gasteiger partial charge in [0.1, 0.15) is 0 Å². The van der Waals surface area contributed by atoms with Crippen LogP contribution in [0.3, 0.4) is 0 Å². The Morgan fingerprint density at radius 3 is 2.67 bits per heavy atom. The summed E-state index contributed by atoms with van der Waals surface area (Å²) >= 11 is 2.14. The van der Waals surface area contributed by atoms with E-state index in [4.69, 9.17) is 9.47 Å². The molecule has 1 aromatic carbocycles. The second-order valence-corrected chi connectivity index (χ2v) is 4.84. The van der Waals surface area contributed by atoms with Crippen molar-refractivity contribution < 1.29 is 14.3 Å². The molecule has 1 N–H and O–H groups in total. The molecule has 0 aliphatic rings. The first-order valence-corrected chi connectivity index (χ1v) is 7.00. The number of hydrogen-bond acceptors (Lipinski definition) is 3. The van der Waals surface area contributed by atoms with Crippen molar-refractivity contribution in [3.05, 3.63) is 21.3 Å². The van der Waals surface area contributed by atoms with Crippen LogP contribution < -0.4 is 14.8 Å². The predicted molar refractivity (Wildman–Crippen MR) is 79.5 cm³/mol. The molecule has 1 aromatic rings. The lowest BCUT2D eigenvalue weighted by atomic mass is 10.2. The molecule has 0 aliphatic heterocycles. The van der Waals surface area contributed by atoms with Gasteiger partial charge in [-0.2, -0.15) is 0 Å². The summed E-state index contributed by atoms with van der Waals surface area (Å²) in [6.45, 7) is 5.17. The van der Waals surface area contributed by atoms with E-state index in [1.165, 1.54) is 0 Å². The number of benzene rings is 1. The summed E-state index contributed by atoms with van der Waals surface area (Å²) in [6.07, 6.45) is 0.914. The highest BCUT2D eigenvalue weighted by Crippen LogP contribution is 2.33. The first-order chi connectivity index (χ1) is 8.63. The molecular formula is C13H18INO3. The predicted octanol–water partition coefficient (Wildman–Crippen LogP) is 2.84. The van der Waals surface area contributed by atoms with Crippen molar-refractivity contribution in [3.8, 4) is 11.5 Å². The number of nitrogens with one attached hydrogen (secondary N) is 1. The lowest BCUT2D eigenvalue weighted by molar-refractivity contribution is 0.0953. The number of carbonyl (C=O) groups is 1. The van der Waals surface area contributed by atoms with Crippen LogP contribution in [-0.2, 0) is 0 Å². The van der Waals surface area contributed by atoms with Crippen LogP contribution >= 0.6 is 22.6 Å². The van der Waals surface area contributed by atoms with E-state index in [1.807, 2.05) is 13.8 Å². The molecule has 0 fully saturated rings. The minimum absolute atomic E-state index is 0.0869. The SMILES string of the molecule is CCCNC(=O)c1cc(I)c(OCC)c(OC)c1. The van der Waals surface area contributed by atoms with E-state index in [0.29, 0.717) is 30.2 Å². The third-order valence-corrected chi connectivity index (χ3v) is 3.12. The smallest absolute Gasteiger partial charge is 0.251 e. The Kier molecular flexibility index (Phi) is 6.24. The van der Waals surface area contributed by atoms with Crippen molar-refractivity contribution in [3.63, 3.8) is 0 Å². The monoisotopic (exact) mass is 363 g/mol. The Labute approximate surface area is 121 Å². The van der Waals surface area contributed by atoms with E-state index >= 15 is 0 Å². The Morgan fingerprint density at radius 2 is 2.11 bits per heavy atom. The second kappa shape index (κ2) is 7.45. The molecule has 0 saturated carbocycles. The summed E-state index contributed by atoms with van der Waals surface area (Å²) < 4.78 is 11.6. The number of carbonyl (C=O) groups excluding carboxylic acids is 1. The molecule has 0 saturated heterocycles. The van der Waals surface area contributed by atoms with Gasteiger partial charge in [-0.05, 0) is 48.1 Å². The maximum Gasteiger partial charge on any atom is 0.251 e. The zero-order valence-electron chi connectivity index (χ0n) is 10.9. The molecule has 0 aliphatic carbocycles. The summed E-state index contributed by atoms with van der Waals surface area (Å²) in [7, 11) is 1.57. The third kappa shape index (κ3) is 3.76. The van der Waals surface area contributed by atoms with Crippen LogP contribution in [0.15, 0.2) is 12.1 Å². The van der Waals surface area contributed by atoms with Gasteiger partial charge < -0.3 is 14.8 Å². The third-order valence-electron chi connectivity index (χ3n) is 2.32. The molecule has 1 rings (SSSR count). The maximum atomic E-state index is 11.9. The van der Waals surface area contributed by atoms with Crippen molar-refractivity contribution in [1.82, 2.24) is 5.32 Å². The van der Waals surface area contributed by atoms with Gasteiger partial charge in [-0.25, -0.2) is 0 Å². The molecule has 100 valence electrons. The van der Waals surface area contributed by atoms with E-state index < -0.39 is 0 Å². The number of ether oxygens (including phenoxy) is 2. The standard InChI is InChI=1S/C13H18INO3/c1-4-6-15-13(16)9-7-10(14)12(18-5-2)11(8-9)17-3/h7-8H,4-6H2,1-3H3,(H,15,16). The lowest BCUT2D eigenvalue weighted by Crippen LogP contribution is -2.24. The first kappa shape index (κ1) is 15.1. The molecule has 0 heterocycles. The molecule has 0 atom stereocenters. The van der Waals surface area contributed by atoms with Crippen molar-refractivity contribution in [2.24, 2.45) is 0 Å². The van der Waals surface area contributed by atoms with E-state index in [2.05, 4.69) is 27.9 Å². The number of hydrogen-bond donors (Lipinski definition) is 1. The number of amides is 1. The van der Waals surface area contributed by atoms with E-state index in [9.17, 15) is 4.79 Å². The summed E-state index contributed by atoms with van der Waals surface area (Å²) in [6, 6.07) is 3.51. The summed E-state index contributed by atoms with van der Waals surface area (Å²) in [4.78, 5) is 11.9. The van der Waals surface area contributed by atoms with Gasteiger partial charge in [0.05, 0.1) is 17.3 Å². The van der Waals surface area contributed by atoms with E-state index in [-0.39, 0.29) is 5.91 Å². The van der Waals surface area contributed by atoms with Gasteiger partial charge in [0, 0.05) is 12.1 Å². The quantitative estimate of drug-likeness (QED) is 0.791. The zero-order valence-corrected chi connectivity index (χ0v) is 13.0. The molecule has 1 amide bonds. The molecule has 0 unspecified atom stereocenters. The largest absolute Gasteiger partial charge is 0.493 e. The molecule has 0 bridgehead atoms. The van der Waals surface area contributed by atoms with Crippen molar-refractivity contribution in [2.75, 3.05) is 20.3 Å². The van der Waals surface area contributed by atoms with Crippen molar-refractivity contribution in [1.29, 1.82) is 0 Å². The summed E-state index contributed by atoms with van der Waals surface area (Å²) in [5.41, 5.74) is 0.591. The minimum Gasteiger partial charge on any atom is -0.493 e. The molecule has 0 aromatic heterocycles. The van der Waals surface area contributed by atoms with Crippen LogP contribution in [-0.4, -0.2) is 26.2 Å². The average Bonchev–Trinajstić information content (AvgIpc) is 2.38. The molecule has 0 spiro atoms. The fourth-order valence-electron chi connectivity index (χ4n) is 1.48. The topological polar surface area (TPSA) is 47.6 Å². The van der Waals surface area contributed by atoms with Crippen LogP contribution in [0.1, 0.15) is 30.6 Å². The van der Waals surface area contributed by atoms with Crippen LogP contribution in [0.2, 0.25) is 0 Å². The van der Waals surface area contributed by atoms with Gasteiger partial charge in [0.25, 0.3) is 5.91 Å². The number of methoxy groups -OCH3 is 1. The first-order valence-electron chi connectivity index (χ1n) is 5.92. The number of halogens is 1. The molecule has 0 radical (unpaired) electrons.